The Kier molecular flexibility index (Phi) is 3.36. The molecule has 2 aromatic rings. The van der Waals surface area contributed by atoms with Crippen molar-refractivity contribution >= 4 is 0 Å². The van der Waals surface area contributed by atoms with Crippen molar-refractivity contribution in [3.8, 4) is 0 Å². The van der Waals surface area contributed by atoms with E-state index in [1.165, 1.54) is 22.3 Å². The van der Waals surface area contributed by atoms with E-state index in [1.54, 1.807) is 0 Å². The monoisotopic (exact) mass is 253 g/mol. The van der Waals surface area contributed by atoms with Gasteiger partial charge in [0.15, 0.2) is 0 Å². The second kappa shape index (κ2) is 5.16. The fourth-order valence-corrected chi connectivity index (χ4v) is 2.93. The summed E-state index contributed by atoms with van der Waals surface area (Å²) >= 11 is 0. The summed E-state index contributed by atoms with van der Waals surface area (Å²) in [6.07, 6.45) is 0. The van der Waals surface area contributed by atoms with Crippen molar-refractivity contribution in [1.29, 1.82) is 0 Å². The molecule has 0 amide bonds. The highest BCUT2D eigenvalue weighted by Crippen LogP contribution is 2.37. The van der Waals surface area contributed by atoms with E-state index in [9.17, 15) is 5.11 Å². The van der Waals surface area contributed by atoms with Gasteiger partial charge in [0, 0.05) is 13.1 Å². The number of hydrogen-bond donors (Lipinski definition) is 1. The second-order valence-corrected chi connectivity index (χ2v) is 5.21. The first-order chi connectivity index (χ1) is 9.29. The maximum Gasteiger partial charge on any atom is 0.0608 e. The van der Waals surface area contributed by atoms with E-state index in [1.807, 2.05) is 0 Å². The SMILES string of the molecule is Cc1ccc(C2c3ccccc3CN2CCO)cc1. The van der Waals surface area contributed by atoms with Crippen LogP contribution in [0.15, 0.2) is 48.5 Å². The minimum absolute atomic E-state index is 0.205. The van der Waals surface area contributed by atoms with Gasteiger partial charge in [0.1, 0.15) is 0 Å². The van der Waals surface area contributed by atoms with Gasteiger partial charge in [0.2, 0.25) is 0 Å². The summed E-state index contributed by atoms with van der Waals surface area (Å²) in [7, 11) is 0. The number of aliphatic hydroxyl groups is 1. The number of β-amino-alcohol motifs (C(OH)–C–C–N with tert-alkyl or cyclic N) is 1. The van der Waals surface area contributed by atoms with Crippen LogP contribution in [0, 0.1) is 6.92 Å². The summed E-state index contributed by atoms with van der Waals surface area (Å²) in [4.78, 5) is 2.34. The van der Waals surface area contributed by atoms with Crippen molar-refractivity contribution in [2.24, 2.45) is 0 Å². The Morgan fingerprint density at radius 2 is 1.84 bits per heavy atom. The molecule has 0 saturated carbocycles. The predicted molar refractivity (Wildman–Crippen MR) is 77.0 cm³/mol. The van der Waals surface area contributed by atoms with Gasteiger partial charge in [-0.2, -0.15) is 0 Å². The van der Waals surface area contributed by atoms with Crippen LogP contribution in [0.4, 0.5) is 0 Å². The van der Waals surface area contributed by atoms with E-state index in [2.05, 4.69) is 60.4 Å². The molecule has 2 aromatic carbocycles. The quantitative estimate of drug-likeness (QED) is 0.909. The molecule has 1 atom stereocenters. The Hall–Kier alpha value is -1.64. The topological polar surface area (TPSA) is 23.5 Å². The summed E-state index contributed by atoms with van der Waals surface area (Å²) in [6, 6.07) is 17.6. The van der Waals surface area contributed by atoms with Crippen molar-refractivity contribution in [1.82, 2.24) is 4.90 Å². The minimum Gasteiger partial charge on any atom is -0.395 e. The normalized spacial score (nSPS) is 18.5. The molecule has 2 nitrogen and oxygen atoms in total. The van der Waals surface area contributed by atoms with Gasteiger partial charge < -0.3 is 5.11 Å². The highest BCUT2D eigenvalue weighted by atomic mass is 16.3. The number of nitrogens with zero attached hydrogens (tertiary/aromatic N) is 1. The van der Waals surface area contributed by atoms with Crippen molar-refractivity contribution in [2.75, 3.05) is 13.2 Å². The van der Waals surface area contributed by atoms with Crippen LogP contribution >= 0.6 is 0 Å². The Morgan fingerprint density at radius 3 is 2.58 bits per heavy atom. The first kappa shape index (κ1) is 12.4. The Labute approximate surface area is 114 Å². The van der Waals surface area contributed by atoms with E-state index >= 15 is 0 Å². The molecule has 0 aromatic heterocycles. The fourth-order valence-electron chi connectivity index (χ4n) is 2.93. The number of rotatable bonds is 3. The molecule has 19 heavy (non-hydrogen) atoms. The van der Waals surface area contributed by atoms with Crippen LogP contribution < -0.4 is 0 Å². The molecule has 1 aliphatic rings. The number of benzene rings is 2. The van der Waals surface area contributed by atoms with Crippen molar-refractivity contribution in [3.05, 3.63) is 70.8 Å². The van der Waals surface area contributed by atoms with E-state index in [0.717, 1.165) is 6.54 Å². The highest BCUT2D eigenvalue weighted by Gasteiger charge is 2.30. The van der Waals surface area contributed by atoms with Gasteiger partial charge in [0.25, 0.3) is 0 Å². The van der Waals surface area contributed by atoms with Crippen LogP contribution in [-0.4, -0.2) is 23.2 Å². The van der Waals surface area contributed by atoms with Crippen molar-refractivity contribution < 1.29 is 5.11 Å². The molecule has 98 valence electrons. The third kappa shape index (κ3) is 2.29. The lowest BCUT2D eigenvalue weighted by Crippen LogP contribution is -2.26. The van der Waals surface area contributed by atoms with Gasteiger partial charge in [-0.25, -0.2) is 0 Å². The lowest BCUT2D eigenvalue weighted by Gasteiger charge is -2.24. The zero-order valence-electron chi connectivity index (χ0n) is 11.2. The molecule has 1 unspecified atom stereocenters. The zero-order chi connectivity index (χ0) is 13.2. The molecule has 1 N–H and O–H groups in total. The fraction of sp³-hybridized carbons (Fsp3) is 0.294. The van der Waals surface area contributed by atoms with Crippen molar-refractivity contribution in [3.63, 3.8) is 0 Å². The molecule has 1 heterocycles. The van der Waals surface area contributed by atoms with Crippen LogP contribution in [0.1, 0.15) is 28.3 Å². The lowest BCUT2D eigenvalue weighted by molar-refractivity contribution is 0.177. The molecular formula is C17H19NO. The second-order valence-electron chi connectivity index (χ2n) is 5.21. The predicted octanol–water partition coefficient (Wildman–Crippen LogP) is 2.89. The summed E-state index contributed by atoms with van der Waals surface area (Å²) in [5, 5.41) is 9.27. The number of hydrogen-bond acceptors (Lipinski definition) is 2. The summed E-state index contributed by atoms with van der Waals surface area (Å²) in [5.41, 5.74) is 5.34. The molecule has 0 radical (unpaired) electrons. The molecule has 0 bridgehead atoms. The number of fused-ring (bicyclic) bond motifs is 1. The molecule has 0 spiro atoms. The maximum absolute atomic E-state index is 9.27. The van der Waals surface area contributed by atoms with Gasteiger partial charge in [0.05, 0.1) is 12.6 Å². The van der Waals surface area contributed by atoms with E-state index in [4.69, 9.17) is 0 Å². The first-order valence-electron chi connectivity index (χ1n) is 6.79. The van der Waals surface area contributed by atoms with Crippen LogP contribution in [0.2, 0.25) is 0 Å². The van der Waals surface area contributed by atoms with Crippen LogP contribution in [0.5, 0.6) is 0 Å². The maximum atomic E-state index is 9.27. The largest absolute Gasteiger partial charge is 0.395 e. The average molecular weight is 253 g/mol. The van der Waals surface area contributed by atoms with Crippen molar-refractivity contribution in [2.45, 2.75) is 19.5 Å². The van der Waals surface area contributed by atoms with E-state index < -0.39 is 0 Å². The molecule has 2 heteroatoms. The van der Waals surface area contributed by atoms with Gasteiger partial charge in [-0.15, -0.1) is 0 Å². The smallest absolute Gasteiger partial charge is 0.0608 e. The molecular weight excluding hydrogens is 234 g/mol. The van der Waals surface area contributed by atoms with Crippen LogP contribution in [-0.2, 0) is 6.54 Å². The Bertz CT molecular complexity index is 562. The van der Waals surface area contributed by atoms with E-state index in [0.29, 0.717) is 6.54 Å². The van der Waals surface area contributed by atoms with E-state index in [-0.39, 0.29) is 12.6 Å². The number of aliphatic hydroxyl groups excluding tert-OH is 1. The lowest BCUT2D eigenvalue weighted by atomic mass is 9.97. The molecule has 0 aliphatic carbocycles. The van der Waals surface area contributed by atoms with Crippen LogP contribution in [0.3, 0.4) is 0 Å². The third-order valence-electron chi connectivity index (χ3n) is 3.87. The third-order valence-corrected chi connectivity index (χ3v) is 3.87. The van der Waals surface area contributed by atoms with Gasteiger partial charge in [-0.3, -0.25) is 4.90 Å². The van der Waals surface area contributed by atoms with Gasteiger partial charge >= 0.3 is 0 Å². The van der Waals surface area contributed by atoms with Gasteiger partial charge in [-0.05, 0) is 23.6 Å². The molecule has 0 fully saturated rings. The molecule has 3 rings (SSSR count). The Morgan fingerprint density at radius 1 is 1.11 bits per heavy atom. The summed E-state index contributed by atoms with van der Waals surface area (Å²) < 4.78 is 0. The summed E-state index contributed by atoms with van der Waals surface area (Å²) in [5.74, 6) is 0. The first-order valence-corrected chi connectivity index (χ1v) is 6.79. The number of aryl methyl sites for hydroxylation is 1. The standard InChI is InChI=1S/C17H19NO/c1-13-6-8-14(9-7-13)17-16-5-3-2-4-15(16)12-18(17)10-11-19/h2-9,17,19H,10-12H2,1H3. The average Bonchev–Trinajstić information content (AvgIpc) is 2.78. The van der Waals surface area contributed by atoms with Crippen LogP contribution in [0.25, 0.3) is 0 Å². The Balaban J connectivity index is 2.02. The molecule has 1 aliphatic heterocycles. The minimum atomic E-state index is 0.205. The summed E-state index contributed by atoms with van der Waals surface area (Å²) in [6.45, 7) is 3.96. The highest BCUT2D eigenvalue weighted by molar-refractivity contribution is 5.41. The zero-order valence-corrected chi connectivity index (χ0v) is 11.2. The molecule has 0 saturated heterocycles. The van der Waals surface area contributed by atoms with Gasteiger partial charge in [-0.1, -0.05) is 54.1 Å².